The van der Waals surface area contributed by atoms with Crippen LogP contribution in [-0.2, 0) is 9.84 Å². The molecule has 5 heteroatoms. The van der Waals surface area contributed by atoms with Gasteiger partial charge in [-0.1, -0.05) is 17.2 Å². The van der Waals surface area contributed by atoms with Crippen molar-refractivity contribution >= 4 is 15.7 Å². The molecule has 1 atom stereocenters. The molecule has 0 radical (unpaired) electrons. The molecule has 4 nitrogen and oxygen atoms in total. The lowest BCUT2D eigenvalue weighted by molar-refractivity contribution is 0.0915. The molecular weight excluding hydrogens is 262 g/mol. The summed E-state index contributed by atoms with van der Waals surface area (Å²) in [6.07, 6.45) is 0.478. The second-order valence-corrected chi connectivity index (χ2v) is 7.92. The highest BCUT2D eigenvalue weighted by Gasteiger charge is 2.39. The Bertz CT molecular complexity index is 601. The Labute approximate surface area is 114 Å². The Morgan fingerprint density at radius 3 is 2.26 bits per heavy atom. The minimum Gasteiger partial charge on any atom is -0.346 e. The van der Waals surface area contributed by atoms with Gasteiger partial charge in [-0.15, -0.1) is 0 Å². The molecule has 2 rings (SSSR count). The maximum absolute atomic E-state index is 12.2. The predicted molar refractivity (Wildman–Crippen MR) is 75.1 cm³/mol. The van der Waals surface area contributed by atoms with Crippen molar-refractivity contribution in [3.8, 4) is 0 Å². The molecule has 1 amide bonds. The summed E-state index contributed by atoms with van der Waals surface area (Å²) in [7, 11) is -3.01. The summed E-state index contributed by atoms with van der Waals surface area (Å²) in [4.78, 5) is 12.2. The summed E-state index contributed by atoms with van der Waals surface area (Å²) in [5.41, 5.74) is 1.99. The topological polar surface area (TPSA) is 63.2 Å². The second kappa shape index (κ2) is 4.63. The maximum atomic E-state index is 12.2. The Morgan fingerprint density at radius 1 is 1.21 bits per heavy atom. The van der Waals surface area contributed by atoms with Crippen LogP contribution in [0.25, 0.3) is 0 Å². The van der Waals surface area contributed by atoms with Crippen LogP contribution in [0.15, 0.2) is 18.2 Å². The SMILES string of the molecule is Cc1cc(C)cc(C(=O)N[C@]2(C)CCS(=O)(=O)C2)c1. The van der Waals surface area contributed by atoms with E-state index in [4.69, 9.17) is 0 Å². The van der Waals surface area contributed by atoms with E-state index < -0.39 is 15.4 Å². The zero-order chi connectivity index (χ0) is 14.3. The molecule has 1 fully saturated rings. The van der Waals surface area contributed by atoms with Crippen molar-refractivity contribution in [2.75, 3.05) is 11.5 Å². The quantitative estimate of drug-likeness (QED) is 0.896. The van der Waals surface area contributed by atoms with E-state index in [9.17, 15) is 13.2 Å². The van der Waals surface area contributed by atoms with Gasteiger partial charge in [-0.3, -0.25) is 4.79 Å². The summed E-state index contributed by atoms with van der Waals surface area (Å²) in [5.74, 6) is -0.0286. The first-order chi connectivity index (χ1) is 8.69. The summed E-state index contributed by atoms with van der Waals surface area (Å²) in [5, 5.41) is 2.86. The normalized spacial score (nSPS) is 25.2. The Balaban J connectivity index is 2.18. The molecule has 1 N–H and O–H groups in total. The minimum atomic E-state index is -3.01. The maximum Gasteiger partial charge on any atom is 0.251 e. The fourth-order valence-corrected chi connectivity index (χ4v) is 4.65. The lowest BCUT2D eigenvalue weighted by Crippen LogP contribution is -2.46. The van der Waals surface area contributed by atoms with E-state index in [1.807, 2.05) is 32.0 Å². The highest BCUT2D eigenvalue weighted by molar-refractivity contribution is 7.91. The zero-order valence-electron chi connectivity index (χ0n) is 11.5. The number of sulfone groups is 1. The predicted octanol–water partition coefficient (Wildman–Crippen LogP) is 1.61. The molecule has 1 saturated heterocycles. The second-order valence-electron chi connectivity index (χ2n) is 5.73. The first kappa shape index (κ1) is 14.1. The average Bonchev–Trinajstić information content (AvgIpc) is 2.51. The summed E-state index contributed by atoms with van der Waals surface area (Å²) in [6, 6.07) is 5.63. The highest BCUT2D eigenvalue weighted by Crippen LogP contribution is 2.23. The van der Waals surface area contributed by atoms with Gasteiger partial charge in [0.2, 0.25) is 0 Å². The van der Waals surface area contributed by atoms with Crippen molar-refractivity contribution in [3.05, 3.63) is 34.9 Å². The number of amides is 1. The first-order valence-corrected chi connectivity index (χ1v) is 8.13. The molecule has 0 unspecified atom stereocenters. The van der Waals surface area contributed by atoms with Crippen molar-refractivity contribution in [2.45, 2.75) is 32.7 Å². The van der Waals surface area contributed by atoms with Crippen molar-refractivity contribution in [2.24, 2.45) is 0 Å². The van der Waals surface area contributed by atoms with Crippen LogP contribution in [0.3, 0.4) is 0 Å². The lowest BCUT2D eigenvalue weighted by Gasteiger charge is -2.24. The van der Waals surface area contributed by atoms with Crippen molar-refractivity contribution in [1.29, 1.82) is 0 Å². The number of hydrogen-bond acceptors (Lipinski definition) is 3. The molecule has 19 heavy (non-hydrogen) atoms. The number of aryl methyl sites for hydroxylation is 2. The third-order valence-electron chi connectivity index (χ3n) is 3.40. The Morgan fingerprint density at radius 2 is 1.79 bits per heavy atom. The molecule has 1 aliphatic heterocycles. The molecule has 0 saturated carbocycles. The number of hydrogen-bond donors (Lipinski definition) is 1. The lowest BCUT2D eigenvalue weighted by atomic mass is 10.0. The molecule has 104 valence electrons. The molecule has 0 bridgehead atoms. The molecule has 0 spiro atoms. The summed E-state index contributed by atoms with van der Waals surface area (Å²) >= 11 is 0. The molecule has 0 aliphatic carbocycles. The van der Waals surface area contributed by atoms with E-state index in [0.717, 1.165) is 11.1 Å². The molecule has 0 aromatic heterocycles. The minimum absolute atomic E-state index is 0.0243. The van der Waals surface area contributed by atoms with Gasteiger partial charge in [0.15, 0.2) is 9.84 Å². The summed E-state index contributed by atoms with van der Waals surface area (Å²) < 4.78 is 23.0. The van der Waals surface area contributed by atoms with Gasteiger partial charge in [-0.2, -0.15) is 0 Å². The van der Waals surface area contributed by atoms with Gasteiger partial charge in [0, 0.05) is 5.56 Å². The number of carbonyl (C=O) groups is 1. The highest BCUT2D eigenvalue weighted by atomic mass is 32.2. The van der Waals surface area contributed by atoms with Gasteiger partial charge >= 0.3 is 0 Å². The van der Waals surface area contributed by atoms with Gasteiger partial charge in [0.1, 0.15) is 0 Å². The van der Waals surface area contributed by atoms with E-state index in [2.05, 4.69) is 5.32 Å². The van der Waals surface area contributed by atoms with Gasteiger partial charge < -0.3 is 5.32 Å². The zero-order valence-corrected chi connectivity index (χ0v) is 12.3. The van der Waals surface area contributed by atoms with Crippen LogP contribution in [0.5, 0.6) is 0 Å². The van der Waals surface area contributed by atoms with Crippen LogP contribution in [0, 0.1) is 13.8 Å². The number of carbonyl (C=O) groups excluding carboxylic acids is 1. The number of benzene rings is 1. The van der Waals surface area contributed by atoms with E-state index >= 15 is 0 Å². The third kappa shape index (κ3) is 3.35. The molecule has 1 aromatic rings. The number of nitrogens with one attached hydrogen (secondary N) is 1. The number of rotatable bonds is 2. The molecule has 1 aliphatic rings. The van der Waals surface area contributed by atoms with Gasteiger partial charge in [-0.25, -0.2) is 8.42 Å². The van der Waals surface area contributed by atoms with E-state index in [1.54, 1.807) is 6.92 Å². The van der Waals surface area contributed by atoms with E-state index in [1.165, 1.54) is 0 Å². The first-order valence-electron chi connectivity index (χ1n) is 6.30. The third-order valence-corrected chi connectivity index (χ3v) is 5.31. The largest absolute Gasteiger partial charge is 0.346 e. The molecule has 1 aromatic carbocycles. The van der Waals surface area contributed by atoms with E-state index in [-0.39, 0.29) is 17.4 Å². The van der Waals surface area contributed by atoms with Crippen LogP contribution in [0.4, 0.5) is 0 Å². The van der Waals surface area contributed by atoms with Crippen LogP contribution in [-0.4, -0.2) is 31.4 Å². The summed E-state index contributed by atoms with van der Waals surface area (Å²) in [6.45, 7) is 5.66. The van der Waals surface area contributed by atoms with E-state index in [0.29, 0.717) is 12.0 Å². The molecular formula is C14H19NO3S. The van der Waals surface area contributed by atoms with Crippen molar-refractivity contribution in [3.63, 3.8) is 0 Å². The van der Waals surface area contributed by atoms with Gasteiger partial charge in [-0.05, 0) is 39.3 Å². The van der Waals surface area contributed by atoms with Crippen LogP contribution in [0.2, 0.25) is 0 Å². The average molecular weight is 281 g/mol. The smallest absolute Gasteiger partial charge is 0.251 e. The monoisotopic (exact) mass is 281 g/mol. The molecule has 1 heterocycles. The fraction of sp³-hybridized carbons (Fsp3) is 0.500. The van der Waals surface area contributed by atoms with Crippen molar-refractivity contribution < 1.29 is 13.2 Å². The van der Waals surface area contributed by atoms with Crippen LogP contribution < -0.4 is 5.32 Å². The standard InChI is InChI=1S/C14H19NO3S/c1-10-6-11(2)8-12(7-10)13(16)15-14(3)4-5-19(17,18)9-14/h6-8H,4-5,9H2,1-3H3,(H,15,16)/t14-/m1/s1. The van der Waals surface area contributed by atoms with Crippen LogP contribution >= 0.6 is 0 Å². The Hall–Kier alpha value is -1.36. The van der Waals surface area contributed by atoms with Gasteiger partial charge in [0.25, 0.3) is 5.91 Å². The van der Waals surface area contributed by atoms with Crippen molar-refractivity contribution in [1.82, 2.24) is 5.32 Å². The Kier molecular flexibility index (Phi) is 3.43. The van der Waals surface area contributed by atoms with Gasteiger partial charge in [0.05, 0.1) is 17.0 Å². The van der Waals surface area contributed by atoms with Crippen LogP contribution in [0.1, 0.15) is 34.8 Å². The fourth-order valence-electron chi connectivity index (χ4n) is 2.56.